The second-order valence-corrected chi connectivity index (χ2v) is 5.34. The van der Waals surface area contributed by atoms with Gasteiger partial charge in [-0.15, -0.1) is 0 Å². The van der Waals surface area contributed by atoms with Crippen molar-refractivity contribution in [2.75, 3.05) is 13.2 Å². The van der Waals surface area contributed by atoms with E-state index in [9.17, 15) is 4.79 Å². The van der Waals surface area contributed by atoms with Crippen LogP contribution in [0.1, 0.15) is 68.3 Å². The third-order valence-electron chi connectivity index (χ3n) is 3.44. The number of Topliss-reactive ketones (excluding diaryl/α,β-unsaturated/α-hetero) is 1. The second-order valence-electron chi connectivity index (χ2n) is 5.34. The number of carbonyl (C=O) groups is 1. The number of ketones is 1. The molecule has 0 fully saturated rings. The number of hydrogen-bond acceptors (Lipinski definition) is 2. The highest BCUT2D eigenvalue weighted by atomic mass is 16.5. The van der Waals surface area contributed by atoms with E-state index in [1.54, 1.807) is 0 Å². The predicted molar refractivity (Wildman–Crippen MR) is 84.3 cm³/mol. The SMILES string of the molecule is CCCCCCCOCC(=O)c1ccc(CCC)cc1. The number of unbranched alkanes of at least 4 members (excludes halogenated alkanes) is 4. The van der Waals surface area contributed by atoms with E-state index in [0.29, 0.717) is 6.61 Å². The van der Waals surface area contributed by atoms with Gasteiger partial charge in [-0.1, -0.05) is 70.2 Å². The molecular weight excluding hydrogens is 248 g/mol. The Kier molecular flexibility index (Phi) is 8.97. The molecule has 0 radical (unpaired) electrons. The Morgan fingerprint density at radius 1 is 0.950 bits per heavy atom. The lowest BCUT2D eigenvalue weighted by Crippen LogP contribution is -2.10. The summed E-state index contributed by atoms with van der Waals surface area (Å²) in [5, 5.41) is 0. The lowest BCUT2D eigenvalue weighted by Gasteiger charge is -2.05. The van der Waals surface area contributed by atoms with Gasteiger partial charge in [0.25, 0.3) is 0 Å². The van der Waals surface area contributed by atoms with E-state index in [1.165, 1.54) is 31.2 Å². The van der Waals surface area contributed by atoms with Crippen LogP contribution >= 0.6 is 0 Å². The van der Waals surface area contributed by atoms with Gasteiger partial charge in [0.05, 0.1) is 0 Å². The molecule has 0 heterocycles. The van der Waals surface area contributed by atoms with Crippen LogP contribution in [0, 0.1) is 0 Å². The fraction of sp³-hybridized carbons (Fsp3) is 0.611. The van der Waals surface area contributed by atoms with Crippen LogP contribution in [-0.4, -0.2) is 19.0 Å². The van der Waals surface area contributed by atoms with Gasteiger partial charge in [-0.25, -0.2) is 0 Å². The topological polar surface area (TPSA) is 26.3 Å². The maximum Gasteiger partial charge on any atom is 0.188 e. The molecule has 0 unspecified atom stereocenters. The molecule has 1 aromatic carbocycles. The Labute approximate surface area is 123 Å². The molecule has 0 saturated carbocycles. The first-order valence-corrected chi connectivity index (χ1v) is 7.97. The molecule has 0 aliphatic carbocycles. The quantitative estimate of drug-likeness (QED) is 0.428. The van der Waals surface area contributed by atoms with Gasteiger partial charge >= 0.3 is 0 Å². The molecule has 0 bridgehead atoms. The number of benzene rings is 1. The fourth-order valence-electron chi connectivity index (χ4n) is 2.20. The molecule has 0 saturated heterocycles. The third kappa shape index (κ3) is 6.85. The molecule has 1 rings (SSSR count). The molecule has 0 atom stereocenters. The van der Waals surface area contributed by atoms with Gasteiger partial charge in [-0.2, -0.15) is 0 Å². The van der Waals surface area contributed by atoms with E-state index in [2.05, 4.69) is 13.8 Å². The second kappa shape index (κ2) is 10.6. The number of rotatable bonds is 11. The average molecular weight is 276 g/mol. The third-order valence-corrected chi connectivity index (χ3v) is 3.44. The highest BCUT2D eigenvalue weighted by Crippen LogP contribution is 2.08. The van der Waals surface area contributed by atoms with Gasteiger partial charge in [-0.05, 0) is 18.4 Å². The van der Waals surface area contributed by atoms with E-state index in [1.807, 2.05) is 24.3 Å². The van der Waals surface area contributed by atoms with Crippen molar-refractivity contribution in [3.63, 3.8) is 0 Å². The van der Waals surface area contributed by atoms with Crippen LogP contribution < -0.4 is 0 Å². The highest BCUT2D eigenvalue weighted by Gasteiger charge is 2.05. The molecule has 0 N–H and O–H groups in total. The number of carbonyl (C=O) groups excluding carboxylic acids is 1. The minimum absolute atomic E-state index is 0.0848. The normalized spacial score (nSPS) is 10.7. The van der Waals surface area contributed by atoms with Crippen molar-refractivity contribution in [2.45, 2.75) is 58.8 Å². The van der Waals surface area contributed by atoms with Crippen molar-refractivity contribution >= 4 is 5.78 Å². The highest BCUT2D eigenvalue weighted by molar-refractivity contribution is 5.97. The van der Waals surface area contributed by atoms with Crippen LogP contribution in [0.2, 0.25) is 0 Å². The van der Waals surface area contributed by atoms with Gasteiger partial charge in [-0.3, -0.25) is 4.79 Å². The van der Waals surface area contributed by atoms with Crippen molar-refractivity contribution < 1.29 is 9.53 Å². The fourth-order valence-corrected chi connectivity index (χ4v) is 2.20. The summed E-state index contributed by atoms with van der Waals surface area (Å²) < 4.78 is 5.46. The Morgan fingerprint density at radius 2 is 1.65 bits per heavy atom. The smallest absolute Gasteiger partial charge is 0.188 e. The summed E-state index contributed by atoms with van der Waals surface area (Å²) in [6.07, 6.45) is 8.29. The molecule has 0 amide bonds. The number of hydrogen-bond donors (Lipinski definition) is 0. The van der Waals surface area contributed by atoms with Crippen LogP contribution in [0.25, 0.3) is 0 Å². The number of ether oxygens (including phenoxy) is 1. The standard InChI is InChI=1S/C18H28O2/c1-3-5-6-7-8-14-20-15-18(19)17-12-10-16(9-4-2)11-13-17/h10-13H,3-9,14-15H2,1-2H3. The predicted octanol–water partition coefficient (Wildman–Crippen LogP) is 4.81. The Bertz CT molecular complexity index is 368. The first-order valence-electron chi connectivity index (χ1n) is 7.97. The molecule has 0 aromatic heterocycles. The lowest BCUT2D eigenvalue weighted by molar-refractivity contribution is 0.0752. The van der Waals surface area contributed by atoms with Crippen molar-refractivity contribution in [3.8, 4) is 0 Å². The van der Waals surface area contributed by atoms with E-state index in [4.69, 9.17) is 4.74 Å². The van der Waals surface area contributed by atoms with E-state index in [-0.39, 0.29) is 12.4 Å². The van der Waals surface area contributed by atoms with Gasteiger partial charge in [0.2, 0.25) is 0 Å². The van der Waals surface area contributed by atoms with Crippen LogP contribution in [-0.2, 0) is 11.2 Å². The minimum atomic E-state index is 0.0848. The van der Waals surface area contributed by atoms with Crippen molar-refractivity contribution in [1.82, 2.24) is 0 Å². The largest absolute Gasteiger partial charge is 0.373 e. The molecule has 1 aromatic rings. The lowest BCUT2D eigenvalue weighted by atomic mass is 10.1. The van der Waals surface area contributed by atoms with E-state index >= 15 is 0 Å². The molecule has 0 spiro atoms. The molecular formula is C18H28O2. The molecule has 0 aliphatic heterocycles. The Balaban J connectivity index is 2.18. The van der Waals surface area contributed by atoms with E-state index in [0.717, 1.165) is 24.8 Å². The summed E-state index contributed by atoms with van der Waals surface area (Å²) in [6, 6.07) is 7.92. The van der Waals surface area contributed by atoms with Crippen LogP contribution in [0.4, 0.5) is 0 Å². The maximum atomic E-state index is 11.9. The Morgan fingerprint density at radius 3 is 2.30 bits per heavy atom. The van der Waals surface area contributed by atoms with Crippen molar-refractivity contribution in [3.05, 3.63) is 35.4 Å². The van der Waals surface area contributed by atoms with Crippen molar-refractivity contribution in [2.24, 2.45) is 0 Å². The zero-order chi connectivity index (χ0) is 14.6. The van der Waals surface area contributed by atoms with Gasteiger partial charge in [0.15, 0.2) is 5.78 Å². The first-order chi connectivity index (χ1) is 9.77. The summed E-state index contributed by atoms with van der Waals surface area (Å²) in [6.45, 7) is 5.28. The van der Waals surface area contributed by atoms with Crippen LogP contribution in [0.15, 0.2) is 24.3 Å². The zero-order valence-electron chi connectivity index (χ0n) is 13.0. The summed E-state index contributed by atoms with van der Waals surface area (Å²) in [5.74, 6) is 0.0848. The van der Waals surface area contributed by atoms with Crippen LogP contribution in [0.5, 0.6) is 0 Å². The molecule has 2 nitrogen and oxygen atoms in total. The summed E-state index contributed by atoms with van der Waals surface area (Å²) in [5.41, 5.74) is 2.05. The minimum Gasteiger partial charge on any atom is -0.373 e. The molecule has 0 aliphatic rings. The van der Waals surface area contributed by atoms with Gasteiger partial charge < -0.3 is 4.74 Å². The molecule has 20 heavy (non-hydrogen) atoms. The zero-order valence-corrected chi connectivity index (χ0v) is 13.0. The summed E-state index contributed by atoms with van der Waals surface area (Å²) >= 11 is 0. The van der Waals surface area contributed by atoms with Crippen molar-refractivity contribution in [1.29, 1.82) is 0 Å². The Hall–Kier alpha value is -1.15. The van der Waals surface area contributed by atoms with E-state index < -0.39 is 0 Å². The summed E-state index contributed by atoms with van der Waals surface area (Å²) in [4.78, 5) is 11.9. The maximum absolute atomic E-state index is 11.9. The first kappa shape index (κ1) is 16.9. The number of aryl methyl sites for hydroxylation is 1. The monoisotopic (exact) mass is 276 g/mol. The van der Waals surface area contributed by atoms with Crippen LogP contribution in [0.3, 0.4) is 0 Å². The molecule has 2 heteroatoms. The molecule has 112 valence electrons. The van der Waals surface area contributed by atoms with Gasteiger partial charge in [0, 0.05) is 12.2 Å². The average Bonchev–Trinajstić information content (AvgIpc) is 2.47. The van der Waals surface area contributed by atoms with Gasteiger partial charge in [0.1, 0.15) is 6.61 Å². The summed E-state index contributed by atoms with van der Waals surface area (Å²) in [7, 11) is 0.